The van der Waals surface area contributed by atoms with Crippen molar-refractivity contribution in [3.63, 3.8) is 0 Å². The van der Waals surface area contributed by atoms with Crippen molar-refractivity contribution in [2.45, 2.75) is 27.2 Å². The summed E-state index contributed by atoms with van der Waals surface area (Å²) in [7, 11) is 0. The summed E-state index contributed by atoms with van der Waals surface area (Å²) in [5.41, 5.74) is 7.48. The van der Waals surface area contributed by atoms with Crippen molar-refractivity contribution in [1.82, 2.24) is 10.6 Å². The minimum absolute atomic E-state index is 0.0733. The summed E-state index contributed by atoms with van der Waals surface area (Å²) in [6.45, 7) is 8.07. The van der Waals surface area contributed by atoms with Gasteiger partial charge in [-0.05, 0) is 31.4 Å². The Morgan fingerprint density at radius 2 is 2.00 bits per heavy atom. The lowest BCUT2D eigenvalue weighted by Gasteiger charge is -2.08. The molecule has 0 fully saturated rings. The second-order valence-corrected chi connectivity index (χ2v) is 5.50. The second kappa shape index (κ2) is 9.00. The Bertz CT molecular complexity index is 483. The van der Waals surface area contributed by atoms with Gasteiger partial charge in [0.1, 0.15) is 0 Å². The SMILES string of the molecule is Cc1cccc(C(=O)NCCNC(N)=NCCC(C)C)c1. The van der Waals surface area contributed by atoms with Gasteiger partial charge in [0, 0.05) is 25.2 Å². The van der Waals surface area contributed by atoms with Crippen LogP contribution >= 0.6 is 0 Å². The molecule has 0 atom stereocenters. The first-order valence-electron chi connectivity index (χ1n) is 7.37. The third kappa shape index (κ3) is 7.34. The highest BCUT2D eigenvalue weighted by atomic mass is 16.1. The molecule has 0 saturated heterocycles. The van der Waals surface area contributed by atoms with Crippen LogP contribution in [0.5, 0.6) is 0 Å². The molecule has 0 aliphatic heterocycles. The molecule has 1 rings (SSSR count). The van der Waals surface area contributed by atoms with Gasteiger partial charge in [0.05, 0.1) is 0 Å². The van der Waals surface area contributed by atoms with Gasteiger partial charge >= 0.3 is 0 Å². The van der Waals surface area contributed by atoms with Crippen molar-refractivity contribution in [3.8, 4) is 0 Å². The van der Waals surface area contributed by atoms with Crippen molar-refractivity contribution < 1.29 is 4.79 Å². The summed E-state index contributed by atoms with van der Waals surface area (Å²) in [5, 5.41) is 5.83. The number of guanidine groups is 1. The topological polar surface area (TPSA) is 79.5 Å². The van der Waals surface area contributed by atoms with E-state index >= 15 is 0 Å². The number of nitrogens with two attached hydrogens (primary N) is 1. The summed E-state index contributed by atoms with van der Waals surface area (Å²) in [4.78, 5) is 16.1. The summed E-state index contributed by atoms with van der Waals surface area (Å²) < 4.78 is 0. The fraction of sp³-hybridized carbons (Fsp3) is 0.500. The van der Waals surface area contributed by atoms with Crippen LogP contribution in [-0.2, 0) is 0 Å². The first-order valence-corrected chi connectivity index (χ1v) is 7.37. The summed E-state index contributed by atoms with van der Waals surface area (Å²) in [5.74, 6) is 0.978. The average Bonchev–Trinajstić information content (AvgIpc) is 2.43. The molecule has 116 valence electrons. The normalized spacial score (nSPS) is 11.5. The highest BCUT2D eigenvalue weighted by Gasteiger charge is 2.04. The molecule has 0 bridgehead atoms. The monoisotopic (exact) mass is 290 g/mol. The molecule has 0 aromatic heterocycles. The average molecular weight is 290 g/mol. The number of carbonyl (C=O) groups excluding carboxylic acids is 1. The third-order valence-corrected chi connectivity index (χ3v) is 2.99. The van der Waals surface area contributed by atoms with Gasteiger partial charge in [-0.1, -0.05) is 31.5 Å². The largest absolute Gasteiger partial charge is 0.370 e. The van der Waals surface area contributed by atoms with Crippen LogP contribution in [0.25, 0.3) is 0 Å². The van der Waals surface area contributed by atoms with Gasteiger partial charge in [-0.15, -0.1) is 0 Å². The van der Waals surface area contributed by atoms with Gasteiger partial charge in [-0.3, -0.25) is 9.79 Å². The van der Waals surface area contributed by atoms with E-state index in [2.05, 4.69) is 29.5 Å². The van der Waals surface area contributed by atoms with Crippen LogP contribution in [0.2, 0.25) is 0 Å². The summed E-state index contributed by atoms with van der Waals surface area (Å²) in [6, 6.07) is 7.51. The predicted octanol–water partition coefficient (Wildman–Crippen LogP) is 1.68. The van der Waals surface area contributed by atoms with E-state index in [1.54, 1.807) is 6.07 Å². The maximum absolute atomic E-state index is 11.9. The van der Waals surface area contributed by atoms with Crippen molar-refractivity contribution >= 4 is 11.9 Å². The number of aliphatic imine (C=N–C) groups is 1. The molecule has 0 aliphatic carbocycles. The Hall–Kier alpha value is -2.04. The van der Waals surface area contributed by atoms with Crippen LogP contribution in [0.15, 0.2) is 29.3 Å². The van der Waals surface area contributed by atoms with Crippen molar-refractivity contribution in [2.24, 2.45) is 16.6 Å². The highest BCUT2D eigenvalue weighted by molar-refractivity contribution is 5.94. The maximum Gasteiger partial charge on any atom is 0.251 e. The quantitative estimate of drug-likeness (QED) is 0.406. The molecule has 0 spiro atoms. The van der Waals surface area contributed by atoms with E-state index in [1.165, 1.54) is 0 Å². The summed E-state index contributed by atoms with van der Waals surface area (Å²) in [6.07, 6.45) is 1.02. The van der Waals surface area contributed by atoms with Crippen LogP contribution in [-0.4, -0.2) is 31.5 Å². The molecular weight excluding hydrogens is 264 g/mol. The Morgan fingerprint density at radius 3 is 2.67 bits per heavy atom. The Morgan fingerprint density at radius 1 is 1.29 bits per heavy atom. The standard InChI is InChI=1S/C16H26N4O/c1-12(2)7-8-19-16(17)20-10-9-18-15(21)14-6-4-5-13(3)11-14/h4-6,11-12H,7-10H2,1-3H3,(H,18,21)(H3,17,19,20). The van der Waals surface area contributed by atoms with E-state index in [9.17, 15) is 4.79 Å². The molecule has 1 aromatic rings. The van der Waals surface area contributed by atoms with Crippen LogP contribution < -0.4 is 16.4 Å². The van der Waals surface area contributed by atoms with Gasteiger partial charge in [0.25, 0.3) is 5.91 Å². The number of carbonyl (C=O) groups is 1. The smallest absolute Gasteiger partial charge is 0.251 e. The molecule has 0 saturated carbocycles. The lowest BCUT2D eigenvalue weighted by atomic mass is 10.1. The number of amides is 1. The van der Waals surface area contributed by atoms with Crippen LogP contribution in [0.4, 0.5) is 0 Å². The zero-order chi connectivity index (χ0) is 15.7. The maximum atomic E-state index is 11.9. The van der Waals surface area contributed by atoms with Crippen LogP contribution in [0, 0.1) is 12.8 Å². The molecule has 4 N–H and O–H groups in total. The molecule has 5 nitrogen and oxygen atoms in total. The lowest BCUT2D eigenvalue weighted by Crippen LogP contribution is -2.38. The lowest BCUT2D eigenvalue weighted by molar-refractivity contribution is 0.0954. The molecule has 1 aromatic carbocycles. The van der Waals surface area contributed by atoms with E-state index in [-0.39, 0.29) is 5.91 Å². The molecule has 0 unspecified atom stereocenters. The van der Waals surface area contributed by atoms with E-state index in [0.29, 0.717) is 30.5 Å². The van der Waals surface area contributed by atoms with E-state index in [4.69, 9.17) is 5.73 Å². The number of nitrogens with zero attached hydrogens (tertiary/aromatic N) is 1. The summed E-state index contributed by atoms with van der Waals surface area (Å²) >= 11 is 0. The number of hydrogen-bond acceptors (Lipinski definition) is 2. The Balaban J connectivity index is 2.23. The first kappa shape index (κ1) is 17.0. The van der Waals surface area contributed by atoms with Crippen LogP contribution in [0.1, 0.15) is 36.2 Å². The van der Waals surface area contributed by atoms with Gasteiger partial charge < -0.3 is 16.4 Å². The number of nitrogens with one attached hydrogen (secondary N) is 2. The Labute approximate surface area is 127 Å². The van der Waals surface area contributed by atoms with Gasteiger partial charge in [0.2, 0.25) is 0 Å². The van der Waals surface area contributed by atoms with Crippen molar-refractivity contribution in [2.75, 3.05) is 19.6 Å². The van der Waals surface area contributed by atoms with E-state index < -0.39 is 0 Å². The van der Waals surface area contributed by atoms with Crippen LogP contribution in [0.3, 0.4) is 0 Å². The van der Waals surface area contributed by atoms with E-state index in [1.807, 2.05) is 25.1 Å². The van der Waals surface area contributed by atoms with Crippen molar-refractivity contribution in [3.05, 3.63) is 35.4 Å². The van der Waals surface area contributed by atoms with Gasteiger partial charge in [-0.25, -0.2) is 0 Å². The zero-order valence-electron chi connectivity index (χ0n) is 13.1. The molecule has 0 heterocycles. The number of aryl methyl sites for hydroxylation is 1. The molecule has 0 aliphatic rings. The number of rotatable bonds is 7. The predicted molar refractivity (Wildman–Crippen MR) is 87.5 cm³/mol. The Kier molecular flexibility index (Phi) is 7.29. The third-order valence-electron chi connectivity index (χ3n) is 2.99. The highest BCUT2D eigenvalue weighted by Crippen LogP contribution is 2.03. The second-order valence-electron chi connectivity index (χ2n) is 5.50. The van der Waals surface area contributed by atoms with Gasteiger partial charge in [0.15, 0.2) is 5.96 Å². The fourth-order valence-corrected chi connectivity index (χ4v) is 1.75. The zero-order valence-corrected chi connectivity index (χ0v) is 13.1. The fourth-order valence-electron chi connectivity index (χ4n) is 1.75. The van der Waals surface area contributed by atoms with E-state index in [0.717, 1.165) is 18.5 Å². The first-order chi connectivity index (χ1) is 9.99. The molecule has 1 amide bonds. The number of benzene rings is 1. The van der Waals surface area contributed by atoms with Gasteiger partial charge in [-0.2, -0.15) is 0 Å². The molecular formula is C16H26N4O. The minimum atomic E-state index is -0.0733. The molecule has 5 heteroatoms. The molecule has 21 heavy (non-hydrogen) atoms. The molecule has 0 radical (unpaired) electrons. The number of hydrogen-bond donors (Lipinski definition) is 3. The van der Waals surface area contributed by atoms with Crippen molar-refractivity contribution in [1.29, 1.82) is 0 Å². The minimum Gasteiger partial charge on any atom is -0.370 e.